The van der Waals surface area contributed by atoms with Crippen LogP contribution >= 0.6 is 11.3 Å². The third-order valence-electron chi connectivity index (χ3n) is 4.22. The molecule has 4 nitrogen and oxygen atoms in total. The number of amides is 1. The highest BCUT2D eigenvalue weighted by atomic mass is 32.1. The Bertz CT molecular complexity index is 935. The van der Waals surface area contributed by atoms with Gasteiger partial charge in [0.25, 0.3) is 5.91 Å². The van der Waals surface area contributed by atoms with Crippen LogP contribution in [0.15, 0.2) is 59.8 Å². The monoisotopic (exact) mass is 335 g/mol. The molecule has 0 unspecified atom stereocenters. The third-order valence-corrected chi connectivity index (χ3v) is 5.37. The zero-order chi connectivity index (χ0) is 16.4. The predicted octanol–water partition coefficient (Wildman–Crippen LogP) is 4.43. The summed E-state index contributed by atoms with van der Waals surface area (Å²) in [5, 5.41) is 5.12. The number of para-hydroxylation sites is 1. The number of rotatable bonds is 4. The number of allylic oxidation sites excluding steroid dienone is 2. The molecule has 0 aliphatic heterocycles. The van der Waals surface area contributed by atoms with Crippen molar-refractivity contribution in [3.63, 3.8) is 0 Å². The summed E-state index contributed by atoms with van der Waals surface area (Å²) in [6, 6.07) is 11.8. The van der Waals surface area contributed by atoms with E-state index in [0.29, 0.717) is 11.5 Å². The number of thiophene rings is 1. The molecule has 0 fully saturated rings. The van der Waals surface area contributed by atoms with Crippen molar-refractivity contribution >= 4 is 34.4 Å². The number of hydrogen-bond acceptors (Lipinski definition) is 3. The van der Waals surface area contributed by atoms with Gasteiger partial charge in [0.15, 0.2) is 0 Å². The molecule has 0 spiro atoms. The molecule has 24 heavy (non-hydrogen) atoms. The number of carbonyl (C=O) groups excluding carboxylic acids is 1. The number of benzene rings is 1. The molecule has 1 aliphatic carbocycles. The SMILES string of the molecule is O=C(NN=Cc1ccc([C@@H]2C=CCC2)s1)c1cccc2cc[nH]c12. The van der Waals surface area contributed by atoms with Crippen LogP contribution < -0.4 is 5.43 Å². The number of aromatic nitrogens is 1. The number of carbonyl (C=O) groups is 1. The van der Waals surface area contributed by atoms with E-state index < -0.39 is 0 Å². The van der Waals surface area contributed by atoms with Crippen molar-refractivity contribution in [1.82, 2.24) is 10.4 Å². The smallest absolute Gasteiger partial charge is 0.273 e. The van der Waals surface area contributed by atoms with Gasteiger partial charge in [0.2, 0.25) is 0 Å². The van der Waals surface area contributed by atoms with E-state index in [1.165, 1.54) is 11.3 Å². The molecule has 1 aliphatic rings. The highest BCUT2D eigenvalue weighted by molar-refractivity contribution is 7.13. The Morgan fingerprint density at radius 1 is 1.29 bits per heavy atom. The lowest BCUT2D eigenvalue weighted by molar-refractivity contribution is 0.0956. The Balaban J connectivity index is 1.44. The molecule has 0 radical (unpaired) electrons. The van der Waals surface area contributed by atoms with Crippen LogP contribution in [-0.2, 0) is 0 Å². The molecule has 1 amide bonds. The average molecular weight is 335 g/mol. The van der Waals surface area contributed by atoms with Crippen molar-refractivity contribution in [2.75, 3.05) is 0 Å². The quantitative estimate of drug-likeness (QED) is 0.414. The first-order chi connectivity index (χ1) is 11.8. The first kappa shape index (κ1) is 14.9. The van der Waals surface area contributed by atoms with E-state index in [-0.39, 0.29) is 5.91 Å². The summed E-state index contributed by atoms with van der Waals surface area (Å²) in [5.74, 6) is 0.326. The Morgan fingerprint density at radius 3 is 3.12 bits per heavy atom. The fourth-order valence-corrected chi connectivity index (χ4v) is 3.99. The zero-order valence-corrected chi connectivity index (χ0v) is 13.8. The topological polar surface area (TPSA) is 57.2 Å². The zero-order valence-electron chi connectivity index (χ0n) is 13.0. The van der Waals surface area contributed by atoms with E-state index in [1.807, 2.05) is 30.5 Å². The maximum atomic E-state index is 12.3. The second-order valence-corrected chi connectivity index (χ2v) is 6.95. The van der Waals surface area contributed by atoms with E-state index in [1.54, 1.807) is 23.6 Å². The normalized spacial score (nSPS) is 17.1. The Hall–Kier alpha value is -2.66. The molecule has 3 aromatic rings. The van der Waals surface area contributed by atoms with E-state index in [9.17, 15) is 4.79 Å². The maximum Gasteiger partial charge on any atom is 0.273 e. The molecule has 2 heterocycles. The molecule has 2 aromatic heterocycles. The standard InChI is InChI=1S/C19H17N3OS/c23-19(16-7-3-6-14-10-11-20-18(14)16)22-21-12-15-8-9-17(24-15)13-4-1-2-5-13/h1,3-4,6-13,20H,2,5H2,(H,22,23)/t13-/m1/s1. The van der Waals surface area contributed by atoms with Crippen molar-refractivity contribution < 1.29 is 4.79 Å². The number of aromatic amines is 1. The average Bonchev–Trinajstić information content (AvgIpc) is 3.34. The second kappa shape index (κ2) is 6.45. The van der Waals surface area contributed by atoms with Gasteiger partial charge in [-0.2, -0.15) is 5.10 Å². The molecule has 0 saturated heterocycles. The van der Waals surface area contributed by atoms with Gasteiger partial charge in [0, 0.05) is 27.3 Å². The molecule has 5 heteroatoms. The summed E-state index contributed by atoms with van der Waals surface area (Å²) >= 11 is 1.72. The highest BCUT2D eigenvalue weighted by Gasteiger charge is 2.13. The van der Waals surface area contributed by atoms with Gasteiger partial charge in [-0.1, -0.05) is 24.3 Å². The van der Waals surface area contributed by atoms with Gasteiger partial charge in [-0.25, -0.2) is 5.43 Å². The van der Waals surface area contributed by atoms with Crippen molar-refractivity contribution in [2.45, 2.75) is 18.8 Å². The largest absolute Gasteiger partial charge is 0.361 e. The number of hydrazone groups is 1. The molecule has 2 N–H and O–H groups in total. The molecule has 4 rings (SSSR count). The minimum atomic E-state index is -0.213. The Kier molecular flexibility index (Phi) is 4.01. The summed E-state index contributed by atoms with van der Waals surface area (Å²) in [4.78, 5) is 17.8. The fraction of sp³-hybridized carbons (Fsp3) is 0.158. The number of nitrogens with zero attached hydrogens (tertiary/aromatic N) is 1. The summed E-state index contributed by atoms with van der Waals surface area (Å²) in [6.45, 7) is 0. The molecule has 120 valence electrons. The summed E-state index contributed by atoms with van der Waals surface area (Å²) in [6.07, 6.45) is 10.4. The van der Waals surface area contributed by atoms with E-state index in [4.69, 9.17) is 0 Å². The van der Waals surface area contributed by atoms with Crippen LogP contribution in [0.3, 0.4) is 0 Å². The minimum absolute atomic E-state index is 0.213. The molecule has 1 atom stereocenters. The van der Waals surface area contributed by atoms with Crippen LogP contribution in [0.25, 0.3) is 10.9 Å². The third kappa shape index (κ3) is 2.90. The van der Waals surface area contributed by atoms with Crippen LogP contribution in [0.1, 0.15) is 38.9 Å². The second-order valence-electron chi connectivity index (χ2n) is 5.80. The number of H-pyrrole nitrogens is 1. The van der Waals surface area contributed by atoms with Crippen LogP contribution in [0.4, 0.5) is 0 Å². The summed E-state index contributed by atoms with van der Waals surface area (Å²) in [7, 11) is 0. The summed E-state index contributed by atoms with van der Waals surface area (Å²) in [5.41, 5.74) is 4.04. The molecular formula is C19H17N3OS. The number of nitrogens with one attached hydrogen (secondary N) is 2. The van der Waals surface area contributed by atoms with Crippen LogP contribution in [0.5, 0.6) is 0 Å². The van der Waals surface area contributed by atoms with E-state index in [0.717, 1.165) is 22.2 Å². The van der Waals surface area contributed by atoms with Gasteiger partial charge in [-0.15, -0.1) is 11.3 Å². The van der Waals surface area contributed by atoms with Gasteiger partial charge in [0.1, 0.15) is 0 Å². The lowest BCUT2D eigenvalue weighted by atomic mass is 10.1. The Labute approximate surface area is 143 Å². The van der Waals surface area contributed by atoms with Gasteiger partial charge in [-0.3, -0.25) is 4.79 Å². The van der Waals surface area contributed by atoms with Gasteiger partial charge >= 0.3 is 0 Å². The molecular weight excluding hydrogens is 318 g/mol. The minimum Gasteiger partial charge on any atom is -0.361 e. The van der Waals surface area contributed by atoms with Gasteiger partial charge in [0.05, 0.1) is 17.3 Å². The molecule has 0 saturated carbocycles. The maximum absolute atomic E-state index is 12.3. The number of hydrogen-bond donors (Lipinski definition) is 2. The van der Waals surface area contributed by atoms with E-state index >= 15 is 0 Å². The number of fused-ring (bicyclic) bond motifs is 1. The highest BCUT2D eigenvalue weighted by Crippen LogP contribution is 2.32. The lowest BCUT2D eigenvalue weighted by Crippen LogP contribution is -2.17. The first-order valence-electron chi connectivity index (χ1n) is 7.97. The Morgan fingerprint density at radius 2 is 2.25 bits per heavy atom. The lowest BCUT2D eigenvalue weighted by Gasteiger charge is -2.02. The van der Waals surface area contributed by atoms with Crippen LogP contribution in [0, 0.1) is 0 Å². The predicted molar refractivity (Wildman–Crippen MR) is 98.8 cm³/mol. The first-order valence-corrected chi connectivity index (χ1v) is 8.79. The fourth-order valence-electron chi connectivity index (χ4n) is 3.00. The van der Waals surface area contributed by atoms with Gasteiger partial charge < -0.3 is 4.98 Å². The van der Waals surface area contributed by atoms with Crippen molar-refractivity contribution in [1.29, 1.82) is 0 Å². The van der Waals surface area contributed by atoms with Crippen molar-refractivity contribution in [3.05, 3.63) is 70.1 Å². The van der Waals surface area contributed by atoms with Crippen LogP contribution in [-0.4, -0.2) is 17.1 Å². The van der Waals surface area contributed by atoms with Gasteiger partial charge in [-0.05, 0) is 37.1 Å². The molecule has 1 aromatic carbocycles. The van der Waals surface area contributed by atoms with Crippen molar-refractivity contribution in [3.8, 4) is 0 Å². The van der Waals surface area contributed by atoms with E-state index in [2.05, 4.69) is 33.7 Å². The van der Waals surface area contributed by atoms with Crippen molar-refractivity contribution in [2.24, 2.45) is 5.10 Å². The van der Waals surface area contributed by atoms with Crippen LogP contribution in [0.2, 0.25) is 0 Å². The molecule has 0 bridgehead atoms. The summed E-state index contributed by atoms with van der Waals surface area (Å²) < 4.78 is 0.